The molecule has 0 saturated heterocycles. The zero-order valence-corrected chi connectivity index (χ0v) is 10.9. The molecule has 0 radical (unpaired) electrons. The predicted octanol–water partition coefficient (Wildman–Crippen LogP) is 1.98. The second-order valence-corrected chi connectivity index (χ2v) is 4.12. The molecule has 0 saturated carbocycles. The van der Waals surface area contributed by atoms with Crippen LogP contribution in [0.4, 0.5) is 0 Å². The van der Waals surface area contributed by atoms with Crippen molar-refractivity contribution < 1.29 is 15.4 Å². The molecule has 0 spiro atoms. The normalized spacial score (nSPS) is 15.1. The molecule has 4 nitrogen and oxygen atoms in total. The van der Waals surface area contributed by atoms with E-state index in [2.05, 4.69) is 11.0 Å². The summed E-state index contributed by atoms with van der Waals surface area (Å²) in [6.45, 7) is 0.794. The first-order chi connectivity index (χ1) is 8.24. The zero-order valence-electron chi connectivity index (χ0n) is 10.0. The van der Waals surface area contributed by atoms with Crippen molar-refractivity contribution >= 4 is 24.5 Å². The number of allylic oxidation sites excluding steroid dienone is 1. The average Bonchev–Trinajstić information content (AvgIpc) is 2.35. The number of carboxylic acids is 1. The van der Waals surface area contributed by atoms with Gasteiger partial charge in [-0.05, 0) is 29.4 Å². The smallest absolute Gasteiger partial charge is 0.335 e. The van der Waals surface area contributed by atoms with Gasteiger partial charge in [-0.2, -0.15) is 0 Å². The predicted molar refractivity (Wildman–Crippen MR) is 75.7 cm³/mol. The highest BCUT2D eigenvalue weighted by molar-refractivity contribution is 5.91. The minimum Gasteiger partial charge on any atom is -0.478 e. The second kappa shape index (κ2) is 5.73. The van der Waals surface area contributed by atoms with Crippen LogP contribution >= 0.6 is 12.4 Å². The van der Waals surface area contributed by atoms with E-state index in [4.69, 9.17) is 5.11 Å². The van der Waals surface area contributed by atoms with E-state index < -0.39 is 5.97 Å². The molecular formula is C14H14ClNO3. The van der Waals surface area contributed by atoms with Gasteiger partial charge in [-0.15, -0.1) is 12.4 Å². The second-order valence-electron chi connectivity index (χ2n) is 4.12. The Labute approximate surface area is 117 Å². The first kappa shape index (κ1) is 15.0. The van der Waals surface area contributed by atoms with Gasteiger partial charge in [0, 0.05) is 18.4 Å². The van der Waals surface area contributed by atoms with E-state index in [-0.39, 0.29) is 17.9 Å². The van der Waals surface area contributed by atoms with Gasteiger partial charge in [0.05, 0.1) is 5.57 Å². The summed E-state index contributed by atoms with van der Waals surface area (Å²) in [6, 6.07) is 8.15. The summed E-state index contributed by atoms with van der Waals surface area (Å²) in [7, 11) is 0. The Morgan fingerprint density at radius 1 is 1.21 bits per heavy atom. The molecule has 100 valence electrons. The summed E-state index contributed by atoms with van der Waals surface area (Å²) in [5.74, 6) is -0.888. The maximum Gasteiger partial charge on any atom is 0.335 e. The Morgan fingerprint density at radius 2 is 1.95 bits per heavy atom. The number of fused-ring (bicyclic) bond motifs is 2. The lowest BCUT2D eigenvalue weighted by Crippen LogP contribution is -2.22. The summed E-state index contributed by atoms with van der Waals surface area (Å²) in [4.78, 5) is 13.0. The average molecular weight is 280 g/mol. The van der Waals surface area contributed by atoms with Gasteiger partial charge in [0.2, 0.25) is 0 Å². The summed E-state index contributed by atoms with van der Waals surface area (Å²) in [6.07, 6.45) is 7.18. The number of benzene rings is 1. The first-order valence-corrected chi connectivity index (χ1v) is 5.43. The Bertz CT molecular complexity index is 590. The molecule has 0 amide bonds. The number of carbonyl (C=O) groups is 1. The van der Waals surface area contributed by atoms with Crippen LogP contribution < -0.4 is 0 Å². The quantitative estimate of drug-likeness (QED) is 0.854. The number of hydrogen-bond acceptors (Lipinski definition) is 2. The van der Waals surface area contributed by atoms with Gasteiger partial charge in [0.25, 0.3) is 0 Å². The van der Waals surface area contributed by atoms with Gasteiger partial charge < -0.3 is 15.5 Å². The third-order valence-corrected chi connectivity index (χ3v) is 3.02. The van der Waals surface area contributed by atoms with Crippen molar-refractivity contribution in [3.8, 4) is 0 Å². The largest absolute Gasteiger partial charge is 0.478 e. The molecule has 3 rings (SSSR count). The van der Waals surface area contributed by atoms with E-state index in [1.54, 1.807) is 12.2 Å². The van der Waals surface area contributed by atoms with Crippen LogP contribution in [0.2, 0.25) is 0 Å². The van der Waals surface area contributed by atoms with Crippen LogP contribution in [-0.2, 0) is 11.3 Å². The lowest BCUT2D eigenvalue weighted by molar-refractivity contribution is -0.132. The number of halogens is 1. The van der Waals surface area contributed by atoms with Crippen LogP contribution in [0.25, 0.3) is 6.08 Å². The highest BCUT2D eigenvalue weighted by Crippen LogP contribution is 2.28. The number of nitrogens with zero attached hydrogens (tertiary/aromatic N) is 1. The number of carboxylic acid groups (broad SMARTS) is 1. The van der Waals surface area contributed by atoms with Crippen molar-refractivity contribution in [2.75, 3.05) is 0 Å². The molecule has 1 aromatic carbocycles. The minimum atomic E-state index is -0.888. The minimum absolute atomic E-state index is 0. The number of hydrogen-bond donors (Lipinski definition) is 1. The van der Waals surface area contributed by atoms with Gasteiger partial charge in [0.1, 0.15) is 0 Å². The standard InChI is InChI=1S/C14H11NO2.ClH.H2O/c16-14(17)11-5-6-15-9-12-4-2-1-3-10(12)7-13(15)8-11;;/h1-8H,9H2,(H,16,17);1H;1H2. The molecule has 0 unspecified atom stereocenters. The molecule has 5 heteroatoms. The van der Waals surface area contributed by atoms with Crippen LogP contribution in [0, 0.1) is 0 Å². The molecule has 2 aliphatic rings. The first-order valence-electron chi connectivity index (χ1n) is 5.43. The van der Waals surface area contributed by atoms with Crippen molar-refractivity contribution in [3.63, 3.8) is 0 Å². The molecule has 0 aliphatic carbocycles. The molecule has 19 heavy (non-hydrogen) atoms. The molecule has 3 N–H and O–H groups in total. The third kappa shape index (κ3) is 2.70. The lowest BCUT2D eigenvalue weighted by Gasteiger charge is -2.29. The third-order valence-electron chi connectivity index (χ3n) is 3.02. The van der Waals surface area contributed by atoms with Crippen molar-refractivity contribution in [3.05, 3.63) is 65.0 Å². The molecule has 1 aromatic rings. The maximum atomic E-state index is 10.9. The maximum absolute atomic E-state index is 10.9. The highest BCUT2D eigenvalue weighted by Gasteiger charge is 2.19. The number of rotatable bonds is 1. The SMILES string of the molecule is Cl.O.O=C(O)C1=CC2=Cc3ccccc3CN2C=C1. The van der Waals surface area contributed by atoms with E-state index in [1.807, 2.05) is 30.5 Å². The fraction of sp³-hybridized carbons (Fsp3) is 0.0714. The van der Waals surface area contributed by atoms with Gasteiger partial charge in [-0.1, -0.05) is 24.3 Å². The summed E-state index contributed by atoms with van der Waals surface area (Å²) < 4.78 is 0. The van der Waals surface area contributed by atoms with Crippen LogP contribution in [0.15, 0.2) is 53.9 Å². The van der Waals surface area contributed by atoms with Crippen molar-refractivity contribution in [2.45, 2.75) is 6.54 Å². The van der Waals surface area contributed by atoms with Crippen LogP contribution in [0.1, 0.15) is 11.1 Å². The molecule has 2 aliphatic heterocycles. The van der Waals surface area contributed by atoms with Crippen molar-refractivity contribution in [2.24, 2.45) is 0 Å². The van der Waals surface area contributed by atoms with Gasteiger partial charge in [-0.3, -0.25) is 0 Å². The Balaban J connectivity index is 0.000000902. The summed E-state index contributed by atoms with van der Waals surface area (Å²) >= 11 is 0. The van der Waals surface area contributed by atoms with Crippen molar-refractivity contribution in [1.29, 1.82) is 0 Å². The van der Waals surface area contributed by atoms with Crippen LogP contribution in [0.3, 0.4) is 0 Å². The van der Waals surface area contributed by atoms with E-state index in [0.717, 1.165) is 17.8 Å². The Kier molecular flexibility index (Phi) is 4.53. The molecule has 0 atom stereocenters. The zero-order chi connectivity index (χ0) is 11.8. The van der Waals surface area contributed by atoms with E-state index in [9.17, 15) is 4.79 Å². The van der Waals surface area contributed by atoms with Gasteiger partial charge >= 0.3 is 5.97 Å². The molecule has 2 heterocycles. The number of aliphatic carboxylic acids is 1. The van der Waals surface area contributed by atoms with E-state index in [0.29, 0.717) is 5.57 Å². The monoisotopic (exact) mass is 279 g/mol. The molecule has 0 aromatic heterocycles. The van der Waals surface area contributed by atoms with Crippen LogP contribution in [-0.4, -0.2) is 21.5 Å². The summed E-state index contributed by atoms with van der Waals surface area (Å²) in [5, 5.41) is 8.96. The van der Waals surface area contributed by atoms with Crippen LogP contribution in [0.5, 0.6) is 0 Å². The fourth-order valence-electron chi connectivity index (χ4n) is 2.11. The van der Waals surface area contributed by atoms with Crippen molar-refractivity contribution in [1.82, 2.24) is 4.90 Å². The van der Waals surface area contributed by atoms with Gasteiger partial charge in [0.15, 0.2) is 0 Å². The lowest BCUT2D eigenvalue weighted by atomic mass is 9.99. The molecule has 0 fully saturated rings. The molecule has 0 bridgehead atoms. The fourth-order valence-corrected chi connectivity index (χ4v) is 2.11. The van der Waals surface area contributed by atoms with E-state index >= 15 is 0 Å². The topological polar surface area (TPSA) is 72.0 Å². The molecular weight excluding hydrogens is 266 g/mol. The summed E-state index contributed by atoms with van der Waals surface area (Å²) in [5.41, 5.74) is 3.68. The highest BCUT2D eigenvalue weighted by atomic mass is 35.5. The Hall–Kier alpha value is -2.04. The Morgan fingerprint density at radius 3 is 2.68 bits per heavy atom. The van der Waals surface area contributed by atoms with E-state index in [1.165, 1.54) is 5.56 Å². The van der Waals surface area contributed by atoms with Gasteiger partial charge in [-0.25, -0.2) is 4.79 Å².